The molecule has 0 saturated carbocycles. The lowest BCUT2D eigenvalue weighted by molar-refractivity contribution is 0.0507. The molecule has 2 aromatic carbocycles. The number of benzene rings is 2. The van der Waals surface area contributed by atoms with Crippen LogP contribution in [-0.4, -0.2) is 21.6 Å². The van der Waals surface area contributed by atoms with E-state index in [0.717, 1.165) is 0 Å². The van der Waals surface area contributed by atoms with E-state index in [1.807, 2.05) is 0 Å². The molecule has 29 heavy (non-hydrogen) atoms. The van der Waals surface area contributed by atoms with Crippen molar-refractivity contribution in [1.82, 2.24) is 9.78 Å². The molecule has 1 heterocycles. The molecule has 0 unspecified atom stereocenters. The van der Waals surface area contributed by atoms with Crippen LogP contribution in [0.3, 0.4) is 0 Å². The third-order valence-corrected chi connectivity index (χ3v) is 4.90. The molecule has 3 rings (SSSR count). The van der Waals surface area contributed by atoms with Gasteiger partial charge in [-0.25, -0.2) is 9.48 Å². The Morgan fingerprint density at radius 3 is 2.66 bits per heavy atom. The summed E-state index contributed by atoms with van der Waals surface area (Å²) in [7, 11) is 0. The summed E-state index contributed by atoms with van der Waals surface area (Å²) in [6.07, 6.45) is 1.53. The zero-order valence-corrected chi connectivity index (χ0v) is 17.5. The largest absolute Gasteiger partial charge is 0.470 e. The van der Waals surface area contributed by atoms with Crippen LogP contribution in [-0.2, 0) is 11.6 Å². The summed E-state index contributed by atoms with van der Waals surface area (Å²) in [5, 5.41) is 9.00. The Balaban J connectivity index is 1.62. The fraction of sp³-hybridized carbons (Fsp3) is 0.0556. The number of halogens is 4. The van der Waals surface area contributed by atoms with Gasteiger partial charge >= 0.3 is 5.97 Å². The van der Waals surface area contributed by atoms with Gasteiger partial charge in [-0.3, -0.25) is 0 Å². The molecule has 0 fully saturated rings. The predicted molar refractivity (Wildman–Crippen MR) is 112 cm³/mol. The highest BCUT2D eigenvalue weighted by Gasteiger charge is 2.14. The van der Waals surface area contributed by atoms with Gasteiger partial charge in [0.15, 0.2) is 18.3 Å². The second-order valence-electron chi connectivity index (χ2n) is 5.55. The maximum atomic E-state index is 12.1. The number of carbonyl (C=O) groups excluding carboxylic acids is 1. The fourth-order valence-corrected chi connectivity index (χ4v) is 3.01. The fourth-order valence-electron chi connectivity index (χ4n) is 2.16. The first kappa shape index (κ1) is 21.3. The van der Waals surface area contributed by atoms with Crippen molar-refractivity contribution < 1.29 is 14.4 Å². The topological polar surface area (TPSA) is 91.7 Å². The van der Waals surface area contributed by atoms with E-state index in [1.54, 1.807) is 30.3 Å². The van der Waals surface area contributed by atoms with Crippen molar-refractivity contribution in [2.24, 2.45) is 10.9 Å². The van der Waals surface area contributed by atoms with Gasteiger partial charge < -0.3 is 15.3 Å². The Hall–Kier alpha value is -2.45. The standard InChI is InChI=1S/C18H12Cl4N4O3/c19-10-4-5-11(13(21)8-10)17(23)25-29-18(27)14-6-7-26(24-14)9-28-15-3-1-2-12(20)16(15)22/h1-8H,9H2,(H2,23,25). The van der Waals surface area contributed by atoms with Crippen molar-refractivity contribution >= 4 is 58.2 Å². The first-order valence-electron chi connectivity index (χ1n) is 7.95. The third-order valence-electron chi connectivity index (χ3n) is 3.55. The van der Waals surface area contributed by atoms with Crippen LogP contribution in [0, 0.1) is 0 Å². The van der Waals surface area contributed by atoms with Crippen LogP contribution < -0.4 is 10.5 Å². The maximum absolute atomic E-state index is 12.1. The molecule has 7 nitrogen and oxygen atoms in total. The molecule has 2 N–H and O–H groups in total. The summed E-state index contributed by atoms with van der Waals surface area (Å²) in [5.41, 5.74) is 6.17. The lowest BCUT2D eigenvalue weighted by Gasteiger charge is -2.08. The van der Waals surface area contributed by atoms with Gasteiger partial charge in [-0.15, -0.1) is 0 Å². The molecule has 0 aliphatic heterocycles. The van der Waals surface area contributed by atoms with E-state index in [4.69, 9.17) is 61.7 Å². The van der Waals surface area contributed by atoms with Gasteiger partial charge in [-0.2, -0.15) is 5.10 Å². The van der Waals surface area contributed by atoms with Crippen molar-refractivity contribution in [3.63, 3.8) is 0 Å². The van der Waals surface area contributed by atoms with E-state index in [9.17, 15) is 4.79 Å². The number of hydrogen-bond donors (Lipinski definition) is 1. The van der Waals surface area contributed by atoms with Crippen LogP contribution in [0.1, 0.15) is 16.1 Å². The van der Waals surface area contributed by atoms with Gasteiger partial charge in [0, 0.05) is 16.8 Å². The van der Waals surface area contributed by atoms with E-state index < -0.39 is 5.97 Å². The highest BCUT2D eigenvalue weighted by atomic mass is 35.5. The van der Waals surface area contributed by atoms with Crippen LogP contribution in [0.15, 0.2) is 53.8 Å². The molecule has 0 aliphatic rings. The minimum Gasteiger partial charge on any atom is -0.470 e. The Labute approximate surface area is 185 Å². The second kappa shape index (κ2) is 9.37. The smallest absolute Gasteiger partial charge is 0.385 e. The number of nitrogens with two attached hydrogens (primary N) is 1. The normalized spacial score (nSPS) is 11.4. The van der Waals surface area contributed by atoms with Crippen LogP contribution in [0.5, 0.6) is 5.75 Å². The summed E-state index contributed by atoms with van der Waals surface area (Å²) in [6.45, 7) is -0.000861. The third kappa shape index (κ3) is 5.33. The molecule has 0 aliphatic carbocycles. The summed E-state index contributed by atoms with van der Waals surface area (Å²) < 4.78 is 6.91. The molecular weight excluding hydrogens is 462 g/mol. The number of amidine groups is 1. The molecule has 0 spiro atoms. The quantitative estimate of drug-likeness (QED) is 0.235. The van der Waals surface area contributed by atoms with Crippen molar-refractivity contribution in [1.29, 1.82) is 0 Å². The van der Waals surface area contributed by atoms with Crippen LogP contribution in [0.25, 0.3) is 0 Å². The number of hydrogen-bond acceptors (Lipinski definition) is 5. The van der Waals surface area contributed by atoms with Crippen molar-refractivity contribution in [2.45, 2.75) is 6.73 Å². The van der Waals surface area contributed by atoms with Crippen LogP contribution in [0.2, 0.25) is 20.1 Å². The molecule has 0 radical (unpaired) electrons. The van der Waals surface area contributed by atoms with E-state index in [0.29, 0.717) is 21.4 Å². The second-order valence-corrected chi connectivity index (χ2v) is 7.17. The van der Waals surface area contributed by atoms with Gasteiger partial charge in [0.05, 0.1) is 10.0 Å². The maximum Gasteiger partial charge on any atom is 0.385 e. The van der Waals surface area contributed by atoms with Crippen molar-refractivity contribution in [2.75, 3.05) is 0 Å². The molecule has 150 valence electrons. The average Bonchev–Trinajstić information content (AvgIpc) is 3.16. The Morgan fingerprint density at radius 1 is 1.10 bits per heavy atom. The predicted octanol–water partition coefficient (Wildman–Crippen LogP) is 5.01. The summed E-state index contributed by atoms with van der Waals surface area (Å²) >= 11 is 23.8. The van der Waals surface area contributed by atoms with Gasteiger partial charge in [-0.1, -0.05) is 57.6 Å². The van der Waals surface area contributed by atoms with Gasteiger partial charge in [0.1, 0.15) is 10.8 Å². The number of rotatable bonds is 6. The molecule has 1 aromatic heterocycles. The first-order valence-corrected chi connectivity index (χ1v) is 9.47. The number of aromatic nitrogens is 2. The SMILES string of the molecule is N/C(=N\OC(=O)c1ccn(COc2cccc(Cl)c2Cl)n1)c1ccc(Cl)cc1Cl. The molecular formula is C18H12Cl4N4O3. The monoisotopic (exact) mass is 472 g/mol. The molecule has 0 amide bonds. The first-order chi connectivity index (χ1) is 13.8. The van der Waals surface area contributed by atoms with Crippen LogP contribution >= 0.6 is 46.4 Å². The minimum atomic E-state index is -0.808. The number of nitrogens with zero attached hydrogens (tertiary/aromatic N) is 3. The van der Waals surface area contributed by atoms with E-state index in [2.05, 4.69) is 10.3 Å². The Morgan fingerprint density at radius 2 is 1.90 bits per heavy atom. The van der Waals surface area contributed by atoms with Crippen molar-refractivity contribution in [3.8, 4) is 5.75 Å². The number of carbonyl (C=O) groups is 1. The lowest BCUT2D eigenvalue weighted by atomic mass is 10.2. The highest BCUT2D eigenvalue weighted by Crippen LogP contribution is 2.31. The highest BCUT2D eigenvalue weighted by molar-refractivity contribution is 6.42. The van der Waals surface area contributed by atoms with Gasteiger partial charge in [0.25, 0.3) is 0 Å². The van der Waals surface area contributed by atoms with E-state index in [-0.39, 0.29) is 28.3 Å². The minimum absolute atomic E-state index is 0.000861. The number of oxime groups is 1. The zero-order valence-electron chi connectivity index (χ0n) is 14.5. The number of ether oxygens (including phenoxy) is 1. The molecule has 11 heteroatoms. The van der Waals surface area contributed by atoms with Gasteiger partial charge in [0.2, 0.25) is 0 Å². The Bertz CT molecular complexity index is 1080. The molecule has 0 bridgehead atoms. The molecule has 0 saturated heterocycles. The lowest BCUT2D eigenvalue weighted by Crippen LogP contribution is -2.16. The molecule has 3 aromatic rings. The summed E-state index contributed by atoms with van der Waals surface area (Å²) in [5.74, 6) is -0.507. The Kier molecular flexibility index (Phi) is 6.87. The van der Waals surface area contributed by atoms with E-state index >= 15 is 0 Å². The van der Waals surface area contributed by atoms with E-state index in [1.165, 1.54) is 23.0 Å². The summed E-state index contributed by atoms with van der Waals surface area (Å²) in [6, 6.07) is 11.1. The van der Waals surface area contributed by atoms with Crippen LogP contribution in [0.4, 0.5) is 0 Å². The summed E-state index contributed by atoms with van der Waals surface area (Å²) in [4.78, 5) is 16.9. The van der Waals surface area contributed by atoms with Gasteiger partial charge in [-0.05, 0) is 36.4 Å². The zero-order chi connectivity index (χ0) is 21.0. The van der Waals surface area contributed by atoms with Crippen molar-refractivity contribution in [3.05, 3.63) is 80.0 Å². The average molecular weight is 474 g/mol. The molecule has 0 atom stereocenters.